The second-order valence-electron chi connectivity index (χ2n) is 4.61. The van der Waals surface area contributed by atoms with Crippen LogP contribution in [-0.4, -0.2) is 42.8 Å². The maximum Gasteiger partial charge on any atom is 0.243 e. The topological polar surface area (TPSA) is 63.4 Å². The summed E-state index contributed by atoms with van der Waals surface area (Å²) in [6.45, 7) is 1.90. The second-order valence-corrected chi connectivity index (χ2v) is 8.05. The lowest BCUT2D eigenvalue weighted by Gasteiger charge is -2.23. The Bertz CT molecular complexity index is 555. The van der Waals surface area contributed by atoms with E-state index in [2.05, 4.69) is 0 Å². The maximum absolute atomic E-state index is 12.4. The van der Waals surface area contributed by atoms with Crippen molar-refractivity contribution in [3.63, 3.8) is 0 Å². The molecule has 0 radical (unpaired) electrons. The van der Waals surface area contributed by atoms with E-state index in [0.29, 0.717) is 16.3 Å². The van der Waals surface area contributed by atoms with Crippen molar-refractivity contribution >= 4 is 39.0 Å². The van der Waals surface area contributed by atoms with Gasteiger partial charge >= 0.3 is 0 Å². The minimum Gasteiger partial charge on any atom is -0.393 e. The molecule has 0 amide bonds. The van der Waals surface area contributed by atoms with Gasteiger partial charge in [-0.3, -0.25) is 0 Å². The molecule has 112 valence electrons. The molecule has 0 saturated heterocycles. The lowest BCUT2D eigenvalue weighted by atomic mass is 10.1. The number of sulfonamides is 1. The molecular formula is C13H20N2O2S3. The molecule has 0 fully saturated rings. The Hall–Kier alpha value is -0.630. The van der Waals surface area contributed by atoms with Crippen molar-refractivity contribution in [2.45, 2.75) is 24.3 Å². The molecule has 0 spiro atoms. The first-order valence-electron chi connectivity index (χ1n) is 6.13. The Morgan fingerprint density at radius 2 is 1.95 bits per heavy atom. The summed E-state index contributed by atoms with van der Waals surface area (Å²) in [5.41, 5.74) is 6.39. The SMILES string of the molecule is CSCC(C)N(C)S(=O)(=O)c1ccc(CC(N)=S)cc1. The van der Waals surface area contributed by atoms with Crippen LogP contribution in [0.2, 0.25) is 0 Å². The Kier molecular flexibility index (Phi) is 6.44. The number of thioether (sulfide) groups is 1. The zero-order valence-electron chi connectivity index (χ0n) is 11.9. The number of hydrogen-bond acceptors (Lipinski definition) is 4. The molecule has 20 heavy (non-hydrogen) atoms. The van der Waals surface area contributed by atoms with Crippen LogP contribution in [0.15, 0.2) is 29.2 Å². The smallest absolute Gasteiger partial charge is 0.243 e. The Balaban J connectivity index is 2.95. The zero-order valence-corrected chi connectivity index (χ0v) is 14.3. The minimum absolute atomic E-state index is 0.0497. The molecule has 4 nitrogen and oxygen atoms in total. The summed E-state index contributed by atoms with van der Waals surface area (Å²) in [5.74, 6) is 0.759. The highest BCUT2D eigenvalue weighted by Gasteiger charge is 2.24. The molecule has 0 aliphatic rings. The third-order valence-electron chi connectivity index (χ3n) is 3.01. The predicted molar refractivity (Wildman–Crippen MR) is 89.7 cm³/mol. The monoisotopic (exact) mass is 332 g/mol. The van der Waals surface area contributed by atoms with Gasteiger partial charge in [-0.25, -0.2) is 8.42 Å². The molecule has 0 aliphatic carbocycles. The van der Waals surface area contributed by atoms with Crippen LogP contribution < -0.4 is 5.73 Å². The van der Waals surface area contributed by atoms with E-state index in [9.17, 15) is 8.42 Å². The number of nitrogens with zero attached hydrogens (tertiary/aromatic N) is 1. The molecule has 1 atom stereocenters. The molecule has 7 heteroatoms. The van der Waals surface area contributed by atoms with E-state index in [-0.39, 0.29) is 6.04 Å². The second kappa shape index (κ2) is 7.40. The van der Waals surface area contributed by atoms with Crippen LogP contribution in [0.5, 0.6) is 0 Å². The number of benzene rings is 1. The Labute approximate surface area is 130 Å². The van der Waals surface area contributed by atoms with Crippen LogP contribution in [0.1, 0.15) is 12.5 Å². The van der Waals surface area contributed by atoms with Crippen LogP contribution in [0.4, 0.5) is 0 Å². The van der Waals surface area contributed by atoms with Gasteiger partial charge in [0.2, 0.25) is 10.0 Å². The van der Waals surface area contributed by atoms with Gasteiger partial charge < -0.3 is 5.73 Å². The first-order chi connectivity index (χ1) is 9.28. The van der Waals surface area contributed by atoms with Crippen molar-refractivity contribution in [2.75, 3.05) is 19.1 Å². The average Bonchev–Trinajstić information content (AvgIpc) is 2.38. The van der Waals surface area contributed by atoms with Crippen LogP contribution in [0, 0.1) is 0 Å². The third kappa shape index (κ3) is 4.44. The molecule has 0 heterocycles. The van der Waals surface area contributed by atoms with E-state index in [1.165, 1.54) is 4.31 Å². The lowest BCUT2D eigenvalue weighted by Crippen LogP contribution is -2.36. The van der Waals surface area contributed by atoms with E-state index in [1.807, 2.05) is 13.2 Å². The van der Waals surface area contributed by atoms with Gasteiger partial charge in [0.05, 0.1) is 9.88 Å². The highest BCUT2D eigenvalue weighted by Crippen LogP contribution is 2.18. The van der Waals surface area contributed by atoms with E-state index < -0.39 is 10.0 Å². The summed E-state index contributed by atoms with van der Waals surface area (Å²) in [7, 11) is -1.84. The van der Waals surface area contributed by atoms with Crippen LogP contribution in [0.25, 0.3) is 0 Å². The fourth-order valence-electron chi connectivity index (χ4n) is 1.73. The van der Waals surface area contributed by atoms with Gasteiger partial charge in [0.25, 0.3) is 0 Å². The fourth-order valence-corrected chi connectivity index (χ4v) is 4.06. The molecule has 0 aliphatic heterocycles. The summed E-state index contributed by atoms with van der Waals surface area (Å²) in [6.07, 6.45) is 2.44. The summed E-state index contributed by atoms with van der Waals surface area (Å²) in [5, 5.41) is 0. The largest absolute Gasteiger partial charge is 0.393 e. The van der Waals surface area contributed by atoms with Gasteiger partial charge in [-0.15, -0.1) is 0 Å². The lowest BCUT2D eigenvalue weighted by molar-refractivity contribution is 0.415. The van der Waals surface area contributed by atoms with Gasteiger partial charge in [-0.2, -0.15) is 16.1 Å². The quantitative estimate of drug-likeness (QED) is 0.773. The van der Waals surface area contributed by atoms with Gasteiger partial charge in [0, 0.05) is 25.3 Å². The van der Waals surface area contributed by atoms with E-state index in [1.54, 1.807) is 43.1 Å². The van der Waals surface area contributed by atoms with Crippen LogP contribution in [0.3, 0.4) is 0 Å². The van der Waals surface area contributed by atoms with Gasteiger partial charge in [-0.1, -0.05) is 24.4 Å². The summed E-state index contributed by atoms with van der Waals surface area (Å²) >= 11 is 6.46. The van der Waals surface area contributed by atoms with Crippen LogP contribution >= 0.6 is 24.0 Å². The van der Waals surface area contributed by atoms with Crippen molar-refractivity contribution in [3.8, 4) is 0 Å². The first kappa shape index (κ1) is 17.4. The maximum atomic E-state index is 12.4. The fraction of sp³-hybridized carbons (Fsp3) is 0.462. The molecular weight excluding hydrogens is 312 g/mol. The van der Waals surface area contributed by atoms with Gasteiger partial charge in [0.1, 0.15) is 0 Å². The number of thiocarbonyl (C=S) groups is 1. The zero-order chi connectivity index (χ0) is 15.3. The third-order valence-corrected chi connectivity index (χ3v) is 5.95. The van der Waals surface area contributed by atoms with Crippen molar-refractivity contribution in [1.82, 2.24) is 4.31 Å². The average molecular weight is 333 g/mol. The molecule has 0 bridgehead atoms. The van der Waals surface area contributed by atoms with E-state index >= 15 is 0 Å². The molecule has 0 aromatic heterocycles. The van der Waals surface area contributed by atoms with Gasteiger partial charge in [-0.05, 0) is 30.9 Å². The Morgan fingerprint density at radius 1 is 1.40 bits per heavy atom. The molecule has 2 N–H and O–H groups in total. The summed E-state index contributed by atoms with van der Waals surface area (Å²) < 4.78 is 26.3. The number of hydrogen-bond donors (Lipinski definition) is 1. The van der Waals surface area contributed by atoms with Crippen molar-refractivity contribution < 1.29 is 8.42 Å². The number of nitrogens with two attached hydrogens (primary N) is 1. The molecule has 1 rings (SSSR count). The van der Waals surface area contributed by atoms with Crippen molar-refractivity contribution in [2.24, 2.45) is 5.73 Å². The molecule has 1 aromatic carbocycles. The molecule has 1 aromatic rings. The Morgan fingerprint density at radius 3 is 2.40 bits per heavy atom. The van der Waals surface area contributed by atoms with Gasteiger partial charge in [0.15, 0.2) is 0 Å². The van der Waals surface area contributed by atoms with Crippen molar-refractivity contribution in [1.29, 1.82) is 0 Å². The minimum atomic E-state index is -3.45. The van der Waals surface area contributed by atoms with E-state index in [0.717, 1.165) is 11.3 Å². The van der Waals surface area contributed by atoms with Crippen molar-refractivity contribution in [3.05, 3.63) is 29.8 Å². The molecule has 0 saturated carbocycles. The number of rotatable bonds is 7. The summed E-state index contributed by atoms with van der Waals surface area (Å²) in [4.78, 5) is 0.686. The molecule has 1 unspecified atom stereocenters. The van der Waals surface area contributed by atoms with Crippen LogP contribution in [-0.2, 0) is 16.4 Å². The normalized spacial score (nSPS) is 13.4. The van der Waals surface area contributed by atoms with E-state index in [4.69, 9.17) is 18.0 Å². The summed E-state index contributed by atoms with van der Waals surface area (Å²) in [6, 6.07) is 6.65. The highest BCUT2D eigenvalue weighted by molar-refractivity contribution is 7.98. The predicted octanol–water partition coefficient (Wildman–Crippen LogP) is 1.89. The first-order valence-corrected chi connectivity index (χ1v) is 9.37. The highest BCUT2D eigenvalue weighted by atomic mass is 32.2. The standard InChI is InChI=1S/C13H20N2O2S3/c1-10(9-19-3)15(2)20(16,17)12-6-4-11(5-7-12)8-13(14)18/h4-7,10H,8-9H2,1-3H3,(H2,14,18).